The molecule has 2 heterocycles. The van der Waals surface area contributed by atoms with Gasteiger partial charge in [0, 0.05) is 25.2 Å². The van der Waals surface area contributed by atoms with Crippen LogP contribution in [0.3, 0.4) is 0 Å². The zero-order valence-electron chi connectivity index (χ0n) is 15.7. The van der Waals surface area contributed by atoms with Crippen molar-refractivity contribution in [1.29, 1.82) is 0 Å². The quantitative estimate of drug-likeness (QED) is 0.361. The molecule has 0 saturated carbocycles. The third-order valence-corrected chi connectivity index (χ3v) is 5.29. The molecular formula is C19H17N5O5S. The number of non-ortho nitro benzene ring substituents is 1. The number of anilines is 2. The number of hydrogen-bond donors (Lipinski definition) is 1. The monoisotopic (exact) mass is 427 g/mol. The molecule has 10 nitrogen and oxygen atoms in total. The van der Waals surface area contributed by atoms with E-state index in [4.69, 9.17) is 4.74 Å². The van der Waals surface area contributed by atoms with E-state index in [9.17, 15) is 19.7 Å². The number of amides is 1. The van der Waals surface area contributed by atoms with Gasteiger partial charge in [0.25, 0.3) is 11.6 Å². The number of nitrogens with one attached hydrogen (secondary N) is 1. The third-order valence-electron chi connectivity index (χ3n) is 4.75. The maximum Gasteiger partial charge on any atom is 0.341 e. The minimum atomic E-state index is -0.788. The number of fused-ring (bicyclic) bond motifs is 1. The molecule has 1 saturated heterocycles. The molecule has 1 aliphatic rings. The molecule has 0 radical (unpaired) electrons. The lowest BCUT2D eigenvalue weighted by Gasteiger charge is -2.20. The van der Waals surface area contributed by atoms with Gasteiger partial charge in [-0.15, -0.1) is 0 Å². The van der Waals surface area contributed by atoms with Crippen LogP contribution in [-0.2, 0) is 9.53 Å². The number of carbonyl (C=O) groups is 2. The predicted molar refractivity (Wildman–Crippen MR) is 111 cm³/mol. The van der Waals surface area contributed by atoms with Crippen molar-refractivity contribution in [3.05, 3.63) is 52.1 Å². The molecule has 154 valence electrons. The van der Waals surface area contributed by atoms with Gasteiger partial charge in [-0.05, 0) is 31.0 Å². The number of ether oxygens (including phenoxy) is 1. The second-order valence-corrected chi connectivity index (χ2v) is 7.24. The summed E-state index contributed by atoms with van der Waals surface area (Å²) in [5, 5.41) is 13.8. The van der Waals surface area contributed by atoms with E-state index in [-0.39, 0.29) is 11.3 Å². The molecule has 0 atom stereocenters. The number of aromatic nitrogens is 2. The van der Waals surface area contributed by atoms with Crippen LogP contribution in [0, 0.1) is 10.1 Å². The van der Waals surface area contributed by atoms with E-state index < -0.39 is 23.4 Å². The Labute approximate surface area is 174 Å². The van der Waals surface area contributed by atoms with Gasteiger partial charge in [-0.3, -0.25) is 14.9 Å². The topological polar surface area (TPSA) is 128 Å². The molecule has 1 fully saturated rings. The molecule has 1 aliphatic heterocycles. The fourth-order valence-corrected chi connectivity index (χ4v) is 3.89. The van der Waals surface area contributed by atoms with E-state index in [2.05, 4.69) is 14.1 Å². The molecule has 2 aromatic carbocycles. The molecule has 3 aromatic rings. The Morgan fingerprint density at radius 3 is 2.77 bits per heavy atom. The molecule has 11 heteroatoms. The molecule has 0 aliphatic carbocycles. The van der Waals surface area contributed by atoms with Crippen LogP contribution in [0.15, 0.2) is 36.4 Å². The summed E-state index contributed by atoms with van der Waals surface area (Å²) in [6, 6.07) is 9.29. The van der Waals surface area contributed by atoms with Crippen molar-refractivity contribution in [2.45, 2.75) is 12.8 Å². The van der Waals surface area contributed by atoms with E-state index in [0.29, 0.717) is 22.4 Å². The van der Waals surface area contributed by atoms with Crippen LogP contribution in [0.4, 0.5) is 17.1 Å². The van der Waals surface area contributed by atoms with Crippen molar-refractivity contribution in [3.8, 4) is 0 Å². The van der Waals surface area contributed by atoms with E-state index in [1.807, 2.05) is 4.90 Å². The lowest BCUT2D eigenvalue weighted by molar-refractivity contribution is -0.384. The van der Waals surface area contributed by atoms with E-state index >= 15 is 0 Å². The summed E-state index contributed by atoms with van der Waals surface area (Å²) in [5.41, 5.74) is 2.11. The van der Waals surface area contributed by atoms with Gasteiger partial charge >= 0.3 is 5.97 Å². The van der Waals surface area contributed by atoms with E-state index in [1.165, 1.54) is 12.1 Å². The maximum absolute atomic E-state index is 12.7. The summed E-state index contributed by atoms with van der Waals surface area (Å²) in [6.07, 6.45) is 1.95. The number of nitrogens with zero attached hydrogens (tertiary/aromatic N) is 4. The summed E-state index contributed by atoms with van der Waals surface area (Å²) < 4.78 is 13.4. The fraction of sp³-hybridized carbons (Fsp3) is 0.263. The molecule has 30 heavy (non-hydrogen) atoms. The highest BCUT2D eigenvalue weighted by molar-refractivity contribution is 7.00. The summed E-state index contributed by atoms with van der Waals surface area (Å²) >= 11 is 1.03. The van der Waals surface area contributed by atoms with Crippen LogP contribution in [0.5, 0.6) is 0 Å². The summed E-state index contributed by atoms with van der Waals surface area (Å²) in [4.78, 5) is 37.5. The Balaban J connectivity index is 1.47. The first-order chi connectivity index (χ1) is 14.5. The molecule has 0 unspecified atom stereocenters. The minimum absolute atomic E-state index is 0.0738. The van der Waals surface area contributed by atoms with Gasteiger partial charge < -0.3 is 15.0 Å². The predicted octanol–water partition coefficient (Wildman–Crippen LogP) is 3.00. The maximum atomic E-state index is 12.7. The van der Waals surface area contributed by atoms with Gasteiger partial charge in [0.2, 0.25) is 0 Å². The molecule has 0 spiro atoms. The van der Waals surface area contributed by atoms with Crippen LogP contribution in [0.1, 0.15) is 23.2 Å². The Morgan fingerprint density at radius 1 is 1.20 bits per heavy atom. The van der Waals surface area contributed by atoms with Crippen molar-refractivity contribution >= 4 is 51.7 Å². The molecule has 0 bridgehead atoms. The second-order valence-electron chi connectivity index (χ2n) is 6.71. The van der Waals surface area contributed by atoms with Gasteiger partial charge in [-0.2, -0.15) is 8.75 Å². The number of benzene rings is 2. The van der Waals surface area contributed by atoms with Crippen LogP contribution < -0.4 is 10.2 Å². The molecule has 1 aromatic heterocycles. The Bertz CT molecular complexity index is 1130. The molecule has 1 N–H and O–H groups in total. The number of nitro groups is 1. The SMILES string of the molecule is O=C(COC(=O)c1cc([N+](=O)[O-])ccc1N1CCCC1)Nc1cccc2nsnc12. The lowest BCUT2D eigenvalue weighted by atomic mass is 10.1. The Morgan fingerprint density at radius 2 is 2.00 bits per heavy atom. The highest BCUT2D eigenvalue weighted by Crippen LogP contribution is 2.29. The average Bonchev–Trinajstić information content (AvgIpc) is 3.44. The number of carbonyl (C=O) groups excluding carboxylic acids is 2. The standard InChI is InChI=1S/C19H17N5O5S/c25-17(20-14-4-3-5-15-18(14)22-30-21-15)11-29-19(26)13-10-12(24(27)28)6-7-16(13)23-8-1-2-9-23/h3-7,10H,1-2,8-9,11H2,(H,20,25). The largest absolute Gasteiger partial charge is 0.452 e. The minimum Gasteiger partial charge on any atom is -0.452 e. The number of hydrogen-bond acceptors (Lipinski definition) is 9. The molecular weight excluding hydrogens is 410 g/mol. The van der Waals surface area contributed by atoms with Crippen molar-refractivity contribution in [2.24, 2.45) is 0 Å². The van der Waals surface area contributed by atoms with Gasteiger partial charge in [-0.1, -0.05) is 6.07 Å². The van der Waals surface area contributed by atoms with E-state index in [0.717, 1.165) is 37.7 Å². The van der Waals surface area contributed by atoms with E-state index in [1.54, 1.807) is 24.3 Å². The number of rotatable bonds is 6. The first-order valence-electron chi connectivity index (χ1n) is 9.24. The Hall–Kier alpha value is -3.60. The summed E-state index contributed by atoms with van der Waals surface area (Å²) in [6.45, 7) is 0.976. The number of nitro benzene ring substituents is 1. The first-order valence-corrected chi connectivity index (χ1v) is 9.97. The first kappa shape index (κ1) is 19.7. The summed E-state index contributed by atoms with van der Waals surface area (Å²) in [7, 11) is 0. The fourth-order valence-electron chi connectivity index (χ4n) is 3.34. The van der Waals surface area contributed by atoms with Gasteiger partial charge in [0.05, 0.1) is 33.6 Å². The third kappa shape index (κ3) is 4.06. The van der Waals surface area contributed by atoms with Crippen LogP contribution in [-0.4, -0.2) is 45.2 Å². The smallest absolute Gasteiger partial charge is 0.341 e. The molecule has 1 amide bonds. The van der Waals surface area contributed by atoms with Crippen molar-refractivity contribution in [1.82, 2.24) is 8.75 Å². The lowest BCUT2D eigenvalue weighted by Crippen LogP contribution is -2.24. The van der Waals surface area contributed by atoms with Gasteiger partial charge in [-0.25, -0.2) is 4.79 Å². The number of esters is 1. The van der Waals surface area contributed by atoms with Crippen molar-refractivity contribution in [2.75, 3.05) is 29.9 Å². The highest BCUT2D eigenvalue weighted by Gasteiger charge is 2.24. The summed E-state index contributed by atoms with van der Waals surface area (Å²) in [5.74, 6) is -1.33. The van der Waals surface area contributed by atoms with Gasteiger partial charge in [0.1, 0.15) is 11.0 Å². The molecule has 4 rings (SSSR count). The zero-order chi connectivity index (χ0) is 21.1. The second kappa shape index (κ2) is 8.41. The van der Waals surface area contributed by atoms with Crippen molar-refractivity contribution in [3.63, 3.8) is 0 Å². The Kier molecular flexibility index (Phi) is 5.53. The van der Waals surface area contributed by atoms with Gasteiger partial charge in [0.15, 0.2) is 6.61 Å². The van der Waals surface area contributed by atoms with Crippen LogP contribution in [0.25, 0.3) is 11.0 Å². The highest BCUT2D eigenvalue weighted by atomic mass is 32.1. The average molecular weight is 427 g/mol. The van der Waals surface area contributed by atoms with Crippen molar-refractivity contribution < 1.29 is 19.2 Å². The van der Waals surface area contributed by atoms with Crippen LogP contribution in [0.2, 0.25) is 0 Å². The normalized spacial score (nSPS) is 13.4. The van der Waals surface area contributed by atoms with Crippen LogP contribution >= 0.6 is 11.7 Å². The zero-order valence-corrected chi connectivity index (χ0v) is 16.6.